The van der Waals surface area contributed by atoms with Crippen LogP contribution in [0.15, 0.2) is 30.3 Å². The van der Waals surface area contributed by atoms with Crippen molar-refractivity contribution < 1.29 is 9.53 Å². The largest absolute Gasteiger partial charge is 0.497 e. The van der Waals surface area contributed by atoms with Crippen LogP contribution in [0.3, 0.4) is 0 Å². The number of nitrogens with one attached hydrogen (secondary N) is 1. The minimum absolute atomic E-state index is 0.0105. The second-order valence-electron chi connectivity index (χ2n) is 6.09. The molecule has 0 fully saturated rings. The van der Waals surface area contributed by atoms with E-state index in [1.54, 1.807) is 18.4 Å². The minimum atomic E-state index is 0.0105. The van der Waals surface area contributed by atoms with Crippen molar-refractivity contribution in [1.29, 1.82) is 0 Å². The quantitative estimate of drug-likeness (QED) is 0.913. The molecule has 4 nitrogen and oxygen atoms in total. The number of methoxy groups -OCH3 is 1. The van der Waals surface area contributed by atoms with Gasteiger partial charge in [0, 0.05) is 30.6 Å². The third-order valence-electron chi connectivity index (χ3n) is 4.18. The first-order valence-corrected chi connectivity index (χ1v) is 8.65. The molecular weight excluding hydrogens is 308 g/mol. The molecule has 1 aliphatic rings. The van der Waals surface area contributed by atoms with E-state index in [0.717, 1.165) is 29.3 Å². The SMILES string of the molecule is COc1ccc(CNC(=O)c2cc3c(s2)CN(C(C)C)C3)cc1. The van der Waals surface area contributed by atoms with E-state index in [1.807, 2.05) is 30.3 Å². The molecule has 0 bridgehead atoms. The first kappa shape index (κ1) is 16.0. The van der Waals surface area contributed by atoms with E-state index in [4.69, 9.17) is 4.74 Å². The van der Waals surface area contributed by atoms with E-state index < -0.39 is 0 Å². The van der Waals surface area contributed by atoms with Crippen molar-refractivity contribution in [3.8, 4) is 5.75 Å². The molecule has 0 spiro atoms. The Balaban J connectivity index is 1.58. The minimum Gasteiger partial charge on any atom is -0.497 e. The molecule has 1 N–H and O–H groups in total. The highest BCUT2D eigenvalue weighted by Crippen LogP contribution is 2.32. The Labute approximate surface area is 141 Å². The fraction of sp³-hybridized carbons (Fsp3) is 0.389. The van der Waals surface area contributed by atoms with Crippen molar-refractivity contribution >= 4 is 17.2 Å². The van der Waals surface area contributed by atoms with Crippen molar-refractivity contribution in [2.45, 2.75) is 39.5 Å². The highest BCUT2D eigenvalue weighted by atomic mass is 32.1. The number of hydrogen-bond acceptors (Lipinski definition) is 4. The Morgan fingerprint density at radius 1 is 1.30 bits per heavy atom. The van der Waals surface area contributed by atoms with Gasteiger partial charge < -0.3 is 10.1 Å². The highest BCUT2D eigenvalue weighted by Gasteiger charge is 2.25. The van der Waals surface area contributed by atoms with E-state index in [2.05, 4.69) is 24.1 Å². The van der Waals surface area contributed by atoms with E-state index in [0.29, 0.717) is 12.6 Å². The standard InChI is InChI=1S/C18H22N2O2S/c1-12(2)20-10-14-8-16(23-17(14)11-20)18(21)19-9-13-4-6-15(22-3)7-5-13/h4-8,12H,9-11H2,1-3H3,(H,19,21). The topological polar surface area (TPSA) is 41.6 Å². The van der Waals surface area contributed by atoms with Crippen molar-refractivity contribution in [3.63, 3.8) is 0 Å². The summed E-state index contributed by atoms with van der Waals surface area (Å²) in [6.07, 6.45) is 0. The molecule has 1 amide bonds. The summed E-state index contributed by atoms with van der Waals surface area (Å²) in [5.74, 6) is 0.834. The summed E-state index contributed by atoms with van der Waals surface area (Å²) >= 11 is 1.62. The van der Waals surface area contributed by atoms with Gasteiger partial charge in [0.1, 0.15) is 5.75 Å². The van der Waals surface area contributed by atoms with Crippen molar-refractivity contribution in [2.24, 2.45) is 0 Å². The van der Waals surface area contributed by atoms with Crippen LogP contribution in [-0.4, -0.2) is 24.0 Å². The van der Waals surface area contributed by atoms with Crippen LogP contribution in [0.1, 0.15) is 39.5 Å². The lowest BCUT2D eigenvalue weighted by Crippen LogP contribution is -2.25. The lowest BCUT2D eigenvalue weighted by atomic mass is 10.2. The fourth-order valence-electron chi connectivity index (χ4n) is 2.68. The average molecular weight is 330 g/mol. The van der Waals surface area contributed by atoms with Gasteiger partial charge in [-0.15, -0.1) is 11.3 Å². The predicted octanol–water partition coefficient (Wildman–Crippen LogP) is 3.41. The summed E-state index contributed by atoms with van der Waals surface area (Å²) in [7, 11) is 1.65. The molecule has 2 heterocycles. The lowest BCUT2D eigenvalue weighted by molar-refractivity contribution is 0.0955. The molecule has 1 aromatic heterocycles. The van der Waals surface area contributed by atoms with Crippen LogP contribution < -0.4 is 10.1 Å². The molecule has 0 unspecified atom stereocenters. The molecular formula is C18H22N2O2S. The van der Waals surface area contributed by atoms with Gasteiger partial charge in [0.05, 0.1) is 12.0 Å². The van der Waals surface area contributed by atoms with E-state index in [9.17, 15) is 4.79 Å². The first-order chi connectivity index (χ1) is 11.1. The molecule has 5 heteroatoms. The zero-order chi connectivity index (χ0) is 16.4. The summed E-state index contributed by atoms with van der Waals surface area (Å²) in [5.41, 5.74) is 2.37. The van der Waals surface area contributed by atoms with Gasteiger partial charge in [-0.25, -0.2) is 0 Å². The normalized spacial score (nSPS) is 14.1. The highest BCUT2D eigenvalue weighted by molar-refractivity contribution is 7.14. The molecule has 0 aliphatic carbocycles. The van der Waals surface area contributed by atoms with Gasteiger partial charge >= 0.3 is 0 Å². The number of amides is 1. The monoisotopic (exact) mass is 330 g/mol. The van der Waals surface area contributed by atoms with Crippen molar-refractivity contribution in [2.75, 3.05) is 7.11 Å². The molecule has 0 saturated heterocycles. The van der Waals surface area contributed by atoms with Crippen LogP contribution in [-0.2, 0) is 19.6 Å². The molecule has 2 aromatic rings. The number of carbonyl (C=O) groups is 1. The molecule has 1 aliphatic heterocycles. The second kappa shape index (κ2) is 6.72. The number of nitrogens with zero attached hydrogens (tertiary/aromatic N) is 1. The number of thiophene rings is 1. The van der Waals surface area contributed by atoms with Crippen molar-refractivity contribution in [1.82, 2.24) is 10.2 Å². The molecule has 23 heavy (non-hydrogen) atoms. The maximum atomic E-state index is 12.3. The van der Waals surface area contributed by atoms with Crippen molar-refractivity contribution in [3.05, 3.63) is 51.2 Å². The average Bonchev–Trinajstić information content (AvgIpc) is 3.12. The smallest absolute Gasteiger partial charge is 0.261 e. The summed E-state index contributed by atoms with van der Waals surface area (Å²) in [6.45, 7) is 6.86. The van der Waals surface area contributed by atoms with E-state index in [1.165, 1.54) is 10.4 Å². The fourth-order valence-corrected chi connectivity index (χ4v) is 3.80. The summed E-state index contributed by atoms with van der Waals surface area (Å²) in [4.78, 5) is 16.9. The predicted molar refractivity (Wildman–Crippen MR) is 92.9 cm³/mol. The van der Waals surface area contributed by atoms with Crippen LogP contribution in [0.2, 0.25) is 0 Å². The zero-order valence-electron chi connectivity index (χ0n) is 13.8. The first-order valence-electron chi connectivity index (χ1n) is 7.83. The van der Waals surface area contributed by atoms with Crippen LogP contribution in [0, 0.1) is 0 Å². The van der Waals surface area contributed by atoms with E-state index >= 15 is 0 Å². The van der Waals surface area contributed by atoms with Gasteiger partial charge in [-0.3, -0.25) is 9.69 Å². The molecule has 0 atom stereocenters. The van der Waals surface area contributed by atoms with Crippen LogP contribution >= 0.6 is 11.3 Å². The lowest BCUT2D eigenvalue weighted by Gasteiger charge is -2.19. The zero-order valence-corrected chi connectivity index (χ0v) is 14.6. The summed E-state index contributed by atoms with van der Waals surface area (Å²) in [6, 6.07) is 10.3. The maximum absolute atomic E-state index is 12.3. The number of hydrogen-bond donors (Lipinski definition) is 1. The Bertz CT molecular complexity index is 668. The van der Waals surface area contributed by atoms with Crippen LogP contribution in [0.5, 0.6) is 5.75 Å². The second-order valence-corrected chi connectivity index (χ2v) is 7.23. The molecule has 122 valence electrons. The Morgan fingerprint density at radius 3 is 2.65 bits per heavy atom. The number of benzene rings is 1. The van der Waals surface area contributed by atoms with Gasteiger partial charge in [-0.05, 0) is 43.2 Å². The molecule has 1 aromatic carbocycles. The Hall–Kier alpha value is -1.85. The van der Waals surface area contributed by atoms with Gasteiger partial charge in [-0.2, -0.15) is 0 Å². The van der Waals surface area contributed by atoms with Gasteiger partial charge in [0.15, 0.2) is 0 Å². The number of carbonyl (C=O) groups excluding carboxylic acids is 1. The third kappa shape index (κ3) is 3.57. The molecule has 3 rings (SSSR count). The summed E-state index contributed by atoms with van der Waals surface area (Å²) < 4.78 is 5.13. The number of ether oxygens (including phenoxy) is 1. The van der Waals surface area contributed by atoms with Gasteiger partial charge in [0.2, 0.25) is 0 Å². The molecule has 0 saturated carbocycles. The van der Waals surface area contributed by atoms with Crippen LogP contribution in [0.25, 0.3) is 0 Å². The van der Waals surface area contributed by atoms with E-state index in [-0.39, 0.29) is 5.91 Å². The van der Waals surface area contributed by atoms with Crippen LogP contribution in [0.4, 0.5) is 0 Å². The Morgan fingerprint density at radius 2 is 2.04 bits per heavy atom. The third-order valence-corrected chi connectivity index (χ3v) is 5.34. The number of rotatable bonds is 5. The number of fused-ring (bicyclic) bond motifs is 1. The summed E-state index contributed by atoms with van der Waals surface area (Å²) in [5, 5.41) is 2.99. The maximum Gasteiger partial charge on any atom is 0.261 e. The van der Waals surface area contributed by atoms with Gasteiger partial charge in [0.25, 0.3) is 5.91 Å². The Kier molecular flexibility index (Phi) is 4.68. The molecule has 0 radical (unpaired) electrons. The van der Waals surface area contributed by atoms with Gasteiger partial charge in [-0.1, -0.05) is 12.1 Å².